The molecule has 0 aromatic heterocycles. The number of ether oxygens (including phenoxy) is 2. The van der Waals surface area contributed by atoms with Crippen LogP contribution < -0.4 is 5.32 Å². The van der Waals surface area contributed by atoms with Gasteiger partial charge in [-0.25, -0.2) is 0 Å². The Bertz CT molecular complexity index is 216. The van der Waals surface area contributed by atoms with Crippen molar-refractivity contribution in [2.45, 2.75) is 45.8 Å². The Morgan fingerprint density at radius 3 is 2.82 bits per heavy atom. The van der Waals surface area contributed by atoms with Crippen LogP contribution in [-0.4, -0.2) is 38.5 Å². The fourth-order valence-corrected chi connectivity index (χ4v) is 1.95. The first-order valence-corrected chi connectivity index (χ1v) is 6.77. The first-order chi connectivity index (χ1) is 8.22. The molecule has 0 aromatic rings. The van der Waals surface area contributed by atoms with Crippen LogP contribution in [-0.2, 0) is 9.47 Å². The summed E-state index contributed by atoms with van der Waals surface area (Å²) < 4.78 is 11.4. The second-order valence-electron chi connectivity index (χ2n) is 5.12. The predicted octanol–water partition coefficient (Wildman–Crippen LogP) is 2.37. The van der Waals surface area contributed by atoms with Crippen LogP contribution in [0, 0.1) is 5.92 Å². The maximum Gasteiger partial charge on any atom is 0.0814 e. The maximum absolute atomic E-state index is 5.91. The van der Waals surface area contributed by atoms with Crippen molar-refractivity contribution in [3.63, 3.8) is 0 Å². The van der Waals surface area contributed by atoms with Crippen LogP contribution in [0.1, 0.15) is 33.6 Å². The van der Waals surface area contributed by atoms with Crippen LogP contribution in [0.15, 0.2) is 12.2 Å². The average molecular weight is 241 g/mol. The van der Waals surface area contributed by atoms with E-state index in [0.717, 1.165) is 32.5 Å². The molecule has 3 heteroatoms. The number of allylic oxidation sites excluding steroid dienone is 1. The van der Waals surface area contributed by atoms with Gasteiger partial charge in [-0.3, -0.25) is 0 Å². The van der Waals surface area contributed by atoms with Gasteiger partial charge < -0.3 is 14.8 Å². The maximum atomic E-state index is 5.91. The molecule has 1 fully saturated rings. The van der Waals surface area contributed by atoms with Crippen molar-refractivity contribution >= 4 is 0 Å². The van der Waals surface area contributed by atoms with Gasteiger partial charge in [-0.15, -0.1) is 0 Å². The van der Waals surface area contributed by atoms with Crippen LogP contribution >= 0.6 is 0 Å². The molecule has 0 radical (unpaired) electrons. The predicted molar refractivity (Wildman–Crippen MR) is 71.2 cm³/mol. The Balaban J connectivity index is 2.02. The highest BCUT2D eigenvalue weighted by atomic mass is 16.5. The number of hydrogen-bond acceptors (Lipinski definition) is 3. The van der Waals surface area contributed by atoms with Crippen molar-refractivity contribution in [2.24, 2.45) is 5.92 Å². The molecule has 1 heterocycles. The lowest BCUT2D eigenvalue weighted by Gasteiger charge is -2.15. The number of rotatable bonds is 8. The summed E-state index contributed by atoms with van der Waals surface area (Å²) in [5.41, 5.74) is 0. The van der Waals surface area contributed by atoms with Crippen LogP contribution in [0.3, 0.4) is 0 Å². The van der Waals surface area contributed by atoms with E-state index in [2.05, 4.69) is 19.2 Å². The van der Waals surface area contributed by atoms with Gasteiger partial charge in [-0.2, -0.15) is 0 Å². The second-order valence-corrected chi connectivity index (χ2v) is 5.12. The number of nitrogens with one attached hydrogen (secondary N) is 1. The molecule has 0 aliphatic carbocycles. The first kappa shape index (κ1) is 14.7. The summed E-state index contributed by atoms with van der Waals surface area (Å²) >= 11 is 0. The molecule has 1 saturated heterocycles. The molecule has 1 aliphatic rings. The number of hydrogen-bond donors (Lipinski definition) is 1. The van der Waals surface area contributed by atoms with Crippen molar-refractivity contribution in [3.8, 4) is 0 Å². The third-order valence-corrected chi connectivity index (χ3v) is 2.87. The van der Waals surface area contributed by atoms with Crippen molar-refractivity contribution in [1.82, 2.24) is 5.32 Å². The summed E-state index contributed by atoms with van der Waals surface area (Å²) in [6.45, 7) is 9.93. The molecule has 0 spiro atoms. The van der Waals surface area contributed by atoms with Gasteiger partial charge in [0.1, 0.15) is 0 Å². The summed E-state index contributed by atoms with van der Waals surface area (Å²) in [7, 11) is 0. The lowest BCUT2D eigenvalue weighted by Crippen LogP contribution is -2.30. The molecule has 100 valence electrons. The van der Waals surface area contributed by atoms with Gasteiger partial charge in [0.05, 0.1) is 25.4 Å². The highest BCUT2D eigenvalue weighted by Crippen LogP contribution is 2.19. The molecule has 0 amide bonds. The average Bonchev–Trinajstić information content (AvgIpc) is 2.72. The fourth-order valence-electron chi connectivity index (χ4n) is 1.95. The topological polar surface area (TPSA) is 30.5 Å². The van der Waals surface area contributed by atoms with Crippen molar-refractivity contribution < 1.29 is 9.47 Å². The van der Waals surface area contributed by atoms with E-state index < -0.39 is 0 Å². The second kappa shape index (κ2) is 8.67. The molecule has 17 heavy (non-hydrogen) atoms. The van der Waals surface area contributed by atoms with E-state index in [1.165, 1.54) is 0 Å². The summed E-state index contributed by atoms with van der Waals surface area (Å²) in [6, 6.07) is 0. The first-order valence-electron chi connectivity index (χ1n) is 6.77. The molecule has 1 rings (SSSR count). The molecular formula is C14H27NO2. The van der Waals surface area contributed by atoms with E-state index in [4.69, 9.17) is 9.47 Å². The lowest BCUT2D eigenvalue weighted by atomic mass is 10.2. The van der Waals surface area contributed by atoms with E-state index in [9.17, 15) is 0 Å². The molecule has 3 nitrogen and oxygen atoms in total. The van der Waals surface area contributed by atoms with E-state index in [0.29, 0.717) is 24.7 Å². The minimum atomic E-state index is 0.297. The highest BCUT2D eigenvalue weighted by Gasteiger charge is 2.24. The third-order valence-electron chi connectivity index (χ3n) is 2.87. The quantitative estimate of drug-likeness (QED) is 0.523. The van der Waals surface area contributed by atoms with Gasteiger partial charge in [0, 0.05) is 6.54 Å². The third kappa shape index (κ3) is 6.81. The van der Waals surface area contributed by atoms with Crippen LogP contribution in [0.25, 0.3) is 0 Å². The Kier molecular flexibility index (Phi) is 7.49. The summed E-state index contributed by atoms with van der Waals surface area (Å²) in [5, 5.41) is 3.45. The lowest BCUT2D eigenvalue weighted by molar-refractivity contribution is -0.00820. The zero-order valence-electron chi connectivity index (χ0n) is 11.4. The highest BCUT2D eigenvalue weighted by molar-refractivity contribution is 4.78. The molecule has 1 N–H and O–H groups in total. The van der Waals surface area contributed by atoms with Gasteiger partial charge in [-0.1, -0.05) is 26.0 Å². The van der Waals surface area contributed by atoms with Gasteiger partial charge in [0.15, 0.2) is 0 Å². The summed E-state index contributed by atoms with van der Waals surface area (Å²) in [4.78, 5) is 0. The zero-order valence-corrected chi connectivity index (χ0v) is 11.4. The Labute approximate surface area is 106 Å². The van der Waals surface area contributed by atoms with E-state index >= 15 is 0 Å². The van der Waals surface area contributed by atoms with E-state index in [-0.39, 0.29) is 0 Å². The van der Waals surface area contributed by atoms with Gasteiger partial charge in [0.2, 0.25) is 0 Å². The monoisotopic (exact) mass is 241 g/mol. The minimum Gasteiger partial charge on any atom is -0.375 e. The Morgan fingerprint density at radius 1 is 1.35 bits per heavy atom. The molecule has 0 aromatic carbocycles. The Morgan fingerprint density at radius 2 is 2.12 bits per heavy atom. The molecular weight excluding hydrogens is 214 g/mol. The van der Waals surface area contributed by atoms with Crippen molar-refractivity contribution in [1.29, 1.82) is 0 Å². The van der Waals surface area contributed by atoms with E-state index in [1.807, 2.05) is 19.1 Å². The minimum absolute atomic E-state index is 0.297. The largest absolute Gasteiger partial charge is 0.375 e. The van der Waals surface area contributed by atoms with Crippen LogP contribution in [0.2, 0.25) is 0 Å². The van der Waals surface area contributed by atoms with Crippen molar-refractivity contribution in [3.05, 3.63) is 12.2 Å². The van der Waals surface area contributed by atoms with Gasteiger partial charge in [-0.05, 0) is 32.2 Å². The summed E-state index contributed by atoms with van der Waals surface area (Å²) in [5.74, 6) is 0.705. The molecule has 0 bridgehead atoms. The zero-order chi connectivity index (χ0) is 12.5. The van der Waals surface area contributed by atoms with Gasteiger partial charge in [0.25, 0.3) is 0 Å². The SMILES string of the molecule is CC=CCOCC1CCC(CNCC(C)C)O1. The molecule has 2 atom stereocenters. The van der Waals surface area contributed by atoms with Crippen LogP contribution in [0.4, 0.5) is 0 Å². The molecule has 2 unspecified atom stereocenters. The summed E-state index contributed by atoms with van der Waals surface area (Å²) in [6.07, 6.45) is 6.99. The standard InChI is InChI=1S/C14H27NO2/c1-4-5-8-16-11-14-7-6-13(17-14)10-15-9-12(2)3/h4-5,12-15H,6-11H2,1-3H3. The smallest absolute Gasteiger partial charge is 0.0814 e. The van der Waals surface area contributed by atoms with Gasteiger partial charge >= 0.3 is 0 Å². The van der Waals surface area contributed by atoms with Crippen LogP contribution in [0.5, 0.6) is 0 Å². The molecule has 0 saturated carbocycles. The van der Waals surface area contributed by atoms with Crippen molar-refractivity contribution in [2.75, 3.05) is 26.3 Å². The molecule has 1 aliphatic heterocycles. The Hall–Kier alpha value is -0.380. The fraction of sp³-hybridized carbons (Fsp3) is 0.857. The normalized spacial score (nSPS) is 25.2. The van der Waals surface area contributed by atoms with E-state index in [1.54, 1.807) is 0 Å².